The van der Waals surface area contributed by atoms with Gasteiger partial charge in [0.05, 0.1) is 0 Å². The van der Waals surface area contributed by atoms with Gasteiger partial charge in [-0.25, -0.2) is 4.98 Å². The Morgan fingerprint density at radius 2 is 2.09 bits per heavy atom. The summed E-state index contributed by atoms with van der Waals surface area (Å²) in [6.07, 6.45) is 1.60. The van der Waals surface area contributed by atoms with Gasteiger partial charge in [0.1, 0.15) is 11.8 Å². The predicted molar refractivity (Wildman–Crippen MR) is 34.9 cm³/mol. The number of pyridine rings is 1. The third kappa shape index (κ3) is 6.02. The Labute approximate surface area is 88.0 Å². The van der Waals surface area contributed by atoms with Gasteiger partial charge in [-0.1, -0.05) is 6.07 Å². The van der Waals surface area contributed by atoms with E-state index in [2.05, 4.69) is 4.98 Å². The molecule has 0 saturated heterocycles. The van der Waals surface area contributed by atoms with Crippen molar-refractivity contribution in [3.05, 3.63) is 30.1 Å². The molecule has 0 amide bonds. The molecule has 0 aliphatic heterocycles. The summed E-state index contributed by atoms with van der Waals surface area (Å²) in [6.45, 7) is 0. The third-order valence-electron chi connectivity index (χ3n) is 0.779. The van der Waals surface area contributed by atoms with Crippen molar-refractivity contribution in [3.8, 4) is 6.07 Å². The Kier molecular flexibility index (Phi) is 11.5. The fraction of sp³-hybridized carbons (Fsp3) is 0.143. The molecule has 0 aromatic carbocycles. The summed E-state index contributed by atoms with van der Waals surface area (Å²) in [4.78, 5) is 3.74. The monoisotopic (exact) mass is 158 g/mol. The molecule has 4 heteroatoms. The summed E-state index contributed by atoms with van der Waals surface area (Å²) < 4.78 is 0. The minimum Gasteiger partial charge on any atom is -0.857 e. The maximum atomic E-state index is 8.25. The van der Waals surface area contributed by atoms with E-state index in [4.69, 9.17) is 10.4 Å². The number of nitriles is 1. The smallest absolute Gasteiger partial charge is 0.857 e. The summed E-state index contributed by atoms with van der Waals surface area (Å²) in [7, 11) is 0.750. The van der Waals surface area contributed by atoms with Gasteiger partial charge in [-0.2, -0.15) is 12.4 Å². The molecule has 0 aliphatic rings. The second kappa shape index (κ2) is 9.60. The van der Waals surface area contributed by atoms with Crippen molar-refractivity contribution in [1.82, 2.24) is 4.98 Å². The van der Waals surface area contributed by atoms with Crippen LogP contribution in [0.3, 0.4) is 0 Å². The van der Waals surface area contributed by atoms with Gasteiger partial charge in [0.15, 0.2) is 0 Å². The van der Waals surface area contributed by atoms with E-state index in [1.165, 1.54) is 0 Å². The molecule has 0 aliphatic carbocycles. The molecule has 52 valence electrons. The molecule has 11 heavy (non-hydrogen) atoms. The van der Waals surface area contributed by atoms with E-state index in [1.54, 1.807) is 24.4 Å². The second-order valence-electron chi connectivity index (χ2n) is 1.33. The van der Waals surface area contributed by atoms with Crippen molar-refractivity contribution < 1.29 is 34.7 Å². The van der Waals surface area contributed by atoms with Crippen LogP contribution in [-0.2, 0) is 0 Å². The van der Waals surface area contributed by atoms with Crippen LogP contribution in [0.25, 0.3) is 0 Å². The maximum absolute atomic E-state index is 8.25. The fourth-order valence-electron chi connectivity index (χ4n) is 0.429. The predicted octanol–water partition coefficient (Wildman–Crippen LogP) is -3.07. The SMILES string of the molecule is C[O-].N#Cc1ccccn1.[Na+]. The minimum absolute atomic E-state index is 0. The van der Waals surface area contributed by atoms with E-state index >= 15 is 0 Å². The molecule has 3 nitrogen and oxygen atoms in total. The van der Waals surface area contributed by atoms with Crippen LogP contribution in [0.1, 0.15) is 5.69 Å². The Morgan fingerprint density at radius 1 is 1.45 bits per heavy atom. The topological polar surface area (TPSA) is 59.7 Å². The van der Waals surface area contributed by atoms with Gasteiger partial charge in [-0.15, -0.1) is 0 Å². The van der Waals surface area contributed by atoms with Crippen LogP contribution in [0, 0.1) is 11.3 Å². The van der Waals surface area contributed by atoms with Gasteiger partial charge in [-0.05, 0) is 12.1 Å². The van der Waals surface area contributed by atoms with Gasteiger partial charge in [-0.3, -0.25) is 0 Å². The molecular weight excluding hydrogens is 151 g/mol. The Balaban J connectivity index is 0. The molecule has 0 radical (unpaired) electrons. The van der Waals surface area contributed by atoms with Gasteiger partial charge in [0.2, 0.25) is 0 Å². The first-order valence-electron chi connectivity index (χ1n) is 2.65. The molecule has 0 unspecified atom stereocenters. The van der Waals surface area contributed by atoms with Crippen molar-refractivity contribution >= 4 is 0 Å². The van der Waals surface area contributed by atoms with Crippen LogP contribution < -0.4 is 34.7 Å². The van der Waals surface area contributed by atoms with Gasteiger partial charge < -0.3 is 5.11 Å². The van der Waals surface area contributed by atoms with Crippen molar-refractivity contribution in [2.24, 2.45) is 0 Å². The van der Waals surface area contributed by atoms with Crippen LogP contribution in [0.5, 0.6) is 0 Å². The third-order valence-corrected chi connectivity index (χ3v) is 0.779. The van der Waals surface area contributed by atoms with E-state index < -0.39 is 0 Å². The number of nitrogens with zero attached hydrogens (tertiary/aromatic N) is 2. The quantitative estimate of drug-likeness (QED) is 0.376. The molecule has 0 N–H and O–H groups in total. The maximum Gasteiger partial charge on any atom is 1.00 e. The van der Waals surface area contributed by atoms with E-state index in [0.717, 1.165) is 7.11 Å². The molecule has 1 aromatic rings. The summed E-state index contributed by atoms with van der Waals surface area (Å²) in [5.41, 5.74) is 0.465. The zero-order valence-corrected chi connectivity index (χ0v) is 8.61. The van der Waals surface area contributed by atoms with Crippen LogP contribution in [0.15, 0.2) is 24.4 Å². The zero-order chi connectivity index (χ0) is 7.82. The standard InChI is InChI=1S/C6H4N2.CH3O.Na/c7-5-6-3-1-2-4-8-6;1-2;/h1-4H;1H3;/q;-1;+1. The zero-order valence-electron chi connectivity index (χ0n) is 6.61. The van der Waals surface area contributed by atoms with Gasteiger partial charge in [0, 0.05) is 6.20 Å². The van der Waals surface area contributed by atoms with Crippen LogP contribution >= 0.6 is 0 Å². The van der Waals surface area contributed by atoms with Gasteiger partial charge >= 0.3 is 29.6 Å². The molecule has 1 aromatic heterocycles. The number of aromatic nitrogens is 1. The number of hydrogen-bond donors (Lipinski definition) is 0. The largest absolute Gasteiger partial charge is 1.00 e. The summed E-state index contributed by atoms with van der Waals surface area (Å²) in [6, 6.07) is 7.14. The Hall–Kier alpha value is -0.400. The molecule has 0 fully saturated rings. The van der Waals surface area contributed by atoms with Gasteiger partial charge in [0.25, 0.3) is 0 Å². The average Bonchev–Trinajstić information content (AvgIpc) is 2.10. The van der Waals surface area contributed by atoms with Crippen molar-refractivity contribution in [2.45, 2.75) is 0 Å². The van der Waals surface area contributed by atoms with E-state index in [0.29, 0.717) is 5.69 Å². The van der Waals surface area contributed by atoms with Crippen molar-refractivity contribution in [1.29, 1.82) is 5.26 Å². The molecule has 1 heterocycles. The average molecular weight is 158 g/mol. The number of hydrogen-bond acceptors (Lipinski definition) is 3. The molecular formula is C7H7N2NaO. The summed E-state index contributed by atoms with van der Waals surface area (Å²) in [5.74, 6) is 0. The van der Waals surface area contributed by atoms with Crippen molar-refractivity contribution in [2.75, 3.05) is 7.11 Å². The molecule has 0 atom stereocenters. The molecule has 1 rings (SSSR count). The first-order chi connectivity index (χ1) is 4.93. The number of rotatable bonds is 0. The van der Waals surface area contributed by atoms with Crippen LogP contribution in [-0.4, -0.2) is 12.1 Å². The van der Waals surface area contributed by atoms with E-state index in [1.807, 2.05) is 6.07 Å². The first-order valence-corrected chi connectivity index (χ1v) is 2.65. The normalized spacial score (nSPS) is 6.27. The molecule has 0 saturated carbocycles. The molecule has 0 bridgehead atoms. The van der Waals surface area contributed by atoms with E-state index in [9.17, 15) is 0 Å². The Morgan fingerprint density at radius 3 is 2.36 bits per heavy atom. The Bertz CT molecular complexity index is 207. The van der Waals surface area contributed by atoms with Crippen LogP contribution in [0.2, 0.25) is 0 Å². The summed E-state index contributed by atoms with van der Waals surface area (Å²) >= 11 is 0. The first kappa shape index (κ1) is 13.2. The summed E-state index contributed by atoms with van der Waals surface area (Å²) in [5, 5.41) is 16.5. The van der Waals surface area contributed by atoms with Crippen LogP contribution in [0.4, 0.5) is 0 Å². The second-order valence-corrected chi connectivity index (χ2v) is 1.33. The van der Waals surface area contributed by atoms with E-state index in [-0.39, 0.29) is 29.6 Å². The fourth-order valence-corrected chi connectivity index (χ4v) is 0.429. The molecule has 0 spiro atoms. The minimum atomic E-state index is 0. The van der Waals surface area contributed by atoms with Crippen molar-refractivity contribution in [3.63, 3.8) is 0 Å².